The molecular weight excluding hydrogens is 382 g/mol. The summed E-state index contributed by atoms with van der Waals surface area (Å²) in [4.78, 5) is 36.0. The predicted molar refractivity (Wildman–Crippen MR) is 103 cm³/mol. The van der Waals surface area contributed by atoms with Crippen LogP contribution in [0.3, 0.4) is 0 Å². The molecule has 9 nitrogen and oxygen atoms in total. The number of hydrogen-bond donors (Lipinski definition) is 2. The third-order valence-corrected chi connectivity index (χ3v) is 4.55. The third-order valence-electron chi connectivity index (χ3n) is 4.01. The second-order valence-electron chi connectivity index (χ2n) is 5.87. The number of aromatic nitrogens is 4. The fraction of sp³-hybridized carbons (Fsp3) is 0.111. The molecule has 140 valence electrons. The Kier molecular flexibility index (Phi) is 4.77. The summed E-state index contributed by atoms with van der Waals surface area (Å²) < 4.78 is 13.3. The molecule has 0 aliphatic rings. The molecule has 0 radical (unpaired) electrons. The van der Waals surface area contributed by atoms with E-state index < -0.39 is 18.5 Å². The number of esters is 1. The smallest absolute Gasteiger partial charge is 0.312 e. The van der Waals surface area contributed by atoms with Gasteiger partial charge in [-0.1, -0.05) is 24.3 Å². The summed E-state index contributed by atoms with van der Waals surface area (Å²) in [5, 5.41) is 9.92. The van der Waals surface area contributed by atoms with Crippen molar-refractivity contribution in [2.45, 2.75) is 6.42 Å². The Morgan fingerprint density at radius 2 is 1.89 bits per heavy atom. The lowest BCUT2D eigenvalue weighted by atomic mass is 10.1. The third kappa shape index (κ3) is 3.58. The van der Waals surface area contributed by atoms with Crippen LogP contribution in [0.15, 0.2) is 47.3 Å². The van der Waals surface area contributed by atoms with E-state index in [1.807, 2.05) is 0 Å². The first-order valence-electron chi connectivity index (χ1n) is 8.25. The summed E-state index contributed by atoms with van der Waals surface area (Å²) in [7, 11) is 0. The molecule has 0 bridgehead atoms. The number of amides is 1. The minimum Gasteiger partial charge on any atom is -0.455 e. The fourth-order valence-electron chi connectivity index (χ4n) is 2.73. The first kappa shape index (κ1) is 17.7. The van der Waals surface area contributed by atoms with Gasteiger partial charge in [0.15, 0.2) is 6.61 Å². The van der Waals surface area contributed by atoms with Gasteiger partial charge in [0, 0.05) is 5.39 Å². The molecule has 2 aromatic heterocycles. The molecule has 0 fully saturated rings. The van der Waals surface area contributed by atoms with Crippen molar-refractivity contribution >= 4 is 51.1 Å². The number of H-pyrrole nitrogens is 1. The highest BCUT2D eigenvalue weighted by atomic mass is 32.1. The summed E-state index contributed by atoms with van der Waals surface area (Å²) >= 11 is 1.05. The van der Waals surface area contributed by atoms with E-state index in [1.54, 1.807) is 42.5 Å². The molecule has 0 atom stereocenters. The van der Waals surface area contributed by atoms with E-state index in [4.69, 9.17) is 4.74 Å². The number of hydrogen-bond acceptors (Lipinski definition) is 8. The zero-order chi connectivity index (χ0) is 19.5. The molecule has 0 aliphatic carbocycles. The molecular formula is C18H13N5O4S. The first-order valence-corrected chi connectivity index (χ1v) is 8.98. The van der Waals surface area contributed by atoms with Crippen LogP contribution in [0.25, 0.3) is 21.8 Å². The fourth-order valence-corrected chi connectivity index (χ4v) is 3.28. The van der Waals surface area contributed by atoms with Gasteiger partial charge in [0.25, 0.3) is 11.5 Å². The van der Waals surface area contributed by atoms with Crippen LogP contribution in [-0.2, 0) is 20.7 Å². The van der Waals surface area contributed by atoms with Crippen LogP contribution < -0.4 is 10.9 Å². The van der Waals surface area contributed by atoms with Gasteiger partial charge in [-0.25, -0.2) is 5.10 Å². The minimum atomic E-state index is -0.631. The Morgan fingerprint density at radius 3 is 2.75 bits per heavy atom. The number of ether oxygens (including phenoxy) is 1. The van der Waals surface area contributed by atoms with Gasteiger partial charge in [0.1, 0.15) is 11.0 Å². The summed E-state index contributed by atoms with van der Waals surface area (Å²) in [5.74, 6) is -1.12. The molecule has 28 heavy (non-hydrogen) atoms. The molecule has 1 amide bonds. The van der Waals surface area contributed by atoms with Crippen molar-refractivity contribution in [3.63, 3.8) is 0 Å². The van der Waals surface area contributed by atoms with Gasteiger partial charge in [0.2, 0.25) is 0 Å². The largest absolute Gasteiger partial charge is 0.455 e. The van der Waals surface area contributed by atoms with E-state index >= 15 is 0 Å². The number of rotatable bonds is 5. The van der Waals surface area contributed by atoms with Gasteiger partial charge in [0.05, 0.1) is 34.9 Å². The van der Waals surface area contributed by atoms with Crippen LogP contribution in [0.4, 0.5) is 5.69 Å². The zero-order valence-electron chi connectivity index (χ0n) is 14.3. The number of anilines is 1. The van der Waals surface area contributed by atoms with Gasteiger partial charge < -0.3 is 10.1 Å². The number of carbonyl (C=O) groups is 2. The van der Waals surface area contributed by atoms with Crippen molar-refractivity contribution in [1.82, 2.24) is 18.9 Å². The second kappa shape index (κ2) is 7.53. The lowest BCUT2D eigenvalue weighted by Crippen LogP contribution is -2.22. The highest BCUT2D eigenvalue weighted by molar-refractivity contribution is 7.00. The van der Waals surface area contributed by atoms with Crippen LogP contribution in [0.5, 0.6) is 0 Å². The van der Waals surface area contributed by atoms with Crippen molar-refractivity contribution in [2.24, 2.45) is 0 Å². The summed E-state index contributed by atoms with van der Waals surface area (Å²) in [6.07, 6.45) is -0.170. The predicted octanol–water partition coefficient (Wildman–Crippen LogP) is 1.65. The van der Waals surface area contributed by atoms with Gasteiger partial charge >= 0.3 is 5.97 Å². The topological polar surface area (TPSA) is 127 Å². The second-order valence-corrected chi connectivity index (χ2v) is 6.40. The van der Waals surface area contributed by atoms with Crippen molar-refractivity contribution in [2.75, 3.05) is 11.9 Å². The zero-order valence-corrected chi connectivity index (χ0v) is 15.2. The molecule has 2 aromatic carbocycles. The molecule has 0 unspecified atom stereocenters. The van der Waals surface area contributed by atoms with Crippen LogP contribution in [-0.4, -0.2) is 37.4 Å². The Hall–Kier alpha value is -3.66. The summed E-state index contributed by atoms with van der Waals surface area (Å²) in [5.41, 5.74) is 1.80. The Balaban J connectivity index is 1.40. The Morgan fingerprint density at radius 1 is 1.07 bits per heavy atom. The van der Waals surface area contributed by atoms with E-state index in [2.05, 4.69) is 24.3 Å². The molecule has 0 spiro atoms. The normalized spacial score (nSPS) is 10.9. The van der Waals surface area contributed by atoms with E-state index in [9.17, 15) is 14.4 Å². The average molecular weight is 395 g/mol. The number of benzene rings is 2. The maximum atomic E-state index is 12.1. The SMILES string of the molecule is O=C(COC(=O)Cc1n[nH]c(=O)c2ccccc12)Nc1cccc2nsnc12. The van der Waals surface area contributed by atoms with Crippen LogP contribution in [0.1, 0.15) is 5.69 Å². The molecule has 0 saturated heterocycles. The lowest BCUT2D eigenvalue weighted by molar-refractivity contribution is -0.146. The number of aromatic amines is 1. The van der Waals surface area contributed by atoms with E-state index in [1.165, 1.54) is 0 Å². The van der Waals surface area contributed by atoms with Crippen molar-refractivity contribution in [1.29, 1.82) is 0 Å². The maximum absolute atomic E-state index is 12.1. The lowest BCUT2D eigenvalue weighted by Gasteiger charge is -2.07. The summed E-state index contributed by atoms with van der Waals surface area (Å²) in [6.45, 7) is -0.450. The van der Waals surface area contributed by atoms with Gasteiger partial charge in [-0.2, -0.15) is 13.8 Å². The van der Waals surface area contributed by atoms with Crippen LogP contribution in [0, 0.1) is 0 Å². The Labute approximate surface area is 161 Å². The molecule has 2 N–H and O–H groups in total. The Bertz CT molecular complexity index is 1250. The minimum absolute atomic E-state index is 0.170. The van der Waals surface area contributed by atoms with Crippen molar-refractivity contribution in [3.05, 3.63) is 58.5 Å². The van der Waals surface area contributed by atoms with Gasteiger partial charge in [-0.15, -0.1) is 0 Å². The summed E-state index contributed by atoms with van der Waals surface area (Å²) in [6, 6.07) is 12.1. The standard InChI is InChI=1S/C18H13N5O4S/c24-15(19-12-6-3-7-13-17(12)23-28-22-13)9-27-16(25)8-14-10-4-1-2-5-11(10)18(26)21-20-14/h1-7H,8-9H2,(H,19,24)(H,21,26). The van der Waals surface area contributed by atoms with Crippen molar-refractivity contribution < 1.29 is 14.3 Å². The molecule has 2 heterocycles. The highest BCUT2D eigenvalue weighted by Gasteiger charge is 2.14. The average Bonchev–Trinajstić information content (AvgIpc) is 3.19. The number of nitrogens with one attached hydrogen (secondary N) is 2. The molecule has 4 rings (SSSR count). The molecule has 0 aliphatic heterocycles. The first-order chi connectivity index (χ1) is 13.6. The molecule has 4 aromatic rings. The molecule has 10 heteroatoms. The van der Waals surface area contributed by atoms with Gasteiger partial charge in [-0.05, 0) is 18.2 Å². The number of fused-ring (bicyclic) bond motifs is 2. The number of nitrogens with zero attached hydrogens (tertiary/aromatic N) is 3. The number of carbonyl (C=O) groups excluding carboxylic acids is 2. The highest BCUT2D eigenvalue weighted by Crippen LogP contribution is 2.21. The van der Waals surface area contributed by atoms with Crippen LogP contribution >= 0.6 is 11.7 Å². The van der Waals surface area contributed by atoms with E-state index in [0.29, 0.717) is 33.2 Å². The van der Waals surface area contributed by atoms with Crippen LogP contribution in [0.2, 0.25) is 0 Å². The van der Waals surface area contributed by atoms with Crippen molar-refractivity contribution in [3.8, 4) is 0 Å². The molecule has 0 saturated carbocycles. The van der Waals surface area contributed by atoms with E-state index in [-0.39, 0.29) is 12.0 Å². The quantitative estimate of drug-likeness (QED) is 0.492. The monoisotopic (exact) mass is 395 g/mol. The van der Waals surface area contributed by atoms with Gasteiger partial charge in [-0.3, -0.25) is 14.4 Å². The maximum Gasteiger partial charge on any atom is 0.312 e. The van der Waals surface area contributed by atoms with E-state index in [0.717, 1.165) is 11.7 Å².